The molecule has 2 heterocycles. The van der Waals surface area contributed by atoms with E-state index in [2.05, 4.69) is 15.6 Å². The van der Waals surface area contributed by atoms with Crippen molar-refractivity contribution in [2.45, 2.75) is 30.7 Å². The first-order valence-electron chi connectivity index (χ1n) is 8.24. The third-order valence-electron chi connectivity index (χ3n) is 4.27. The molecule has 0 saturated carbocycles. The predicted octanol–water partition coefficient (Wildman–Crippen LogP) is 0.877. The second-order valence-corrected chi connectivity index (χ2v) is 8.33. The van der Waals surface area contributed by atoms with Gasteiger partial charge in [-0.3, -0.25) is 9.48 Å². The first-order valence-corrected chi connectivity index (χ1v) is 9.84. The predicted molar refractivity (Wildman–Crippen MR) is 92.5 cm³/mol. The third kappa shape index (κ3) is 4.48. The summed E-state index contributed by atoms with van der Waals surface area (Å²) in [4.78, 5) is 11.5. The van der Waals surface area contributed by atoms with Crippen molar-refractivity contribution in [1.82, 2.24) is 24.6 Å². The zero-order valence-corrected chi connectivity index (χ0v) is 15.4. The molecule has 0 bridgehead atoms. The molecular weight excluding hydrogens is 380 g/mol. The van der Waals surface area contributed by atoms with Crippen molar-refractivity contribution in [1.29, 1.82) is 0 Å². The molecule has 1 aliphatic rings. The fourth-order valence-corrected chi connectivity index (χ4v) is 4.81. The van der Waals surface area contributed by atoms with Crippen LogP contribution in [0.25, 0.3) is 0 Å². The maximum absolute atomic E-state index is 14.0. The van der Waals surface area contributed by atoms with Gasteiger partial charge in [0.2, 0.25) is 10.0 Å². The summed E-state index contributed by atoms with van der Waals surface area (Å²) < 4.78 is 55.5. The van der Waals surface area contributed by atoms with Crippen LogP contribution in [0, 0.1) is 0 Å². The molecule has 0 spiro atoms. The van der Waals surface area contributed by atoms with E-state index in [0.717, 1.165) is 4.31 Å². The van der Waals surface area contributed by atoms with Crippen LogP contribution in [0.3, 0.4) is 0 Å². The number of nitrogens with one attached hydrogen (secondary N) is 1. The van der Waals surface area contributed by atoms with Crippen molar-refractivity contribution >= 4 is 15.9 Å². The summed E-state index contributed by atoms with van der Waals surface area (Å²) >= 11 is 0. The Kier molecular flexibility index (Phi) is 5.24. The van der Waals surface area contributed by atoms with E-state index in [1.54, 1.807) is 30.3 Å². The van der Waals surface area contributed by atoms with Crippen molar-refractivity contribution in [3.8, 4) is 0 Å². The minimum absolute atomic E-state index is 0.0287. The van der Waals surface area contributed by atoms with Gasteiger partial charge in [0, 0.05) is 13.5 Å². The highest BCUT2D eigenvalue weighted by Gasteiger charge is 2.49. The van der Waals surface area contributed by atoms with Crippen molar-refractivity contribution < 1.29 is 22.0 Å². The average molecular weight is 399 g/mol. The highest BCUT2D eigenvalue weighted by Crippen LogP contribution is 2.35. The molecular formula is C16H19F2N5O3S. The van der Waals surface area contributed by atoms with E-state index in [1.807, 2.05) is 0 Å². The first-order chi connectivity index (χ1) is 12.7. The van der Waals surface area contributed by atoms with Crippen LogP contribution >= 0.6 is 0 Å². The Morgan fingerprint density at radius 2 is 2.04 bits per heavy atom. The van der Waals surface area contributed by atoms with Gasteiger partial charge in [0.25, 0.3) is 11.8 Å². The fourth-order valence-electron chi connectivity index (χ4n) is 3.05. The minimum Gasteiger partial charge on any atom is -0.354 e. The zero-order chi connectivity index (χ0) is 19.7. The smallest absolute Gasteiger partial charge is 0.273 e. The molecule has 0 unspecified atom stereocenters. The Labute approximate surface area is 155 Å². The Morgan fingerprint density at radius 3 is 2.70 bits per heavy atom. The largest absolute Gasteiger partial charge is 0.354 e. The summed E-state index contributed by atoms with van der Waals surface area (Å²) in [6.07, 6.45) is 0.688. The van der Waals surface area contributed by atoms with Gasteiger partial charge in [-0.2, -0.15) is 4.31 Å². The van der Waals surface area contributed by atoms with Crippen LogP contribution < -0.4 is 5.32 Å². The number of carbonyl (C=O) groups is 1. The molecule has 1 saturated heterocycles. The molecule has 3 rings (SSSR count). The molecule has 0 radical (unpaired) electrons. The number of alkyl halides is 2. The monoisotopic (exact) mass is 399 g/mol. The minimum atomic E-state index is -3.96. The van der Waals surface area contributed by atoms with E-state index >= 15 is 0 Å². The van der Waals surface area contributed by atoms with Gasteiger partial charge >= 0.3 is 0 Å². The van der Waals surface area contributed by atoms with Gasteiger partial charge in [0.1, 0.15) is 0 Å². The lowest BCUT2D eigenvalue weighted by molar-refractivity contribution is 0.0168. The molecule has 27 heavy (non-hydrogen) atoms. The number of carbonyl (C=O) groups excluding carboxylic acids is 1. The lowest BCUT2D eigenvalue weighted by atomic mass is 10.2. The standard InChI is InChI=1S/C16H19F2N5O3S/c1-19-15(24)14-9-22(21-20-14)8-13-7-16(17,18)11-23(13)27(25,26)10-12-5-3-2-4-6-12/h2-6,9,13H,7-8,10-11H2,1H3,(H,19,24)/t13-/m0/s1. The van der Waals surface area contributed by atoms with Gasteiger partial charge < -0.3 is 5.32 Å². The number of sulfonamides is 1. The van der Waals surface area contributed by atoms with Crippen molar-refractivity contribution in [3.63, 3.8) is 0 Å². The average Bonchev–Trinajstić information content (AvgIpc) is 3.19. The molecule has 1 fully saturated rings. The van der Waals surface area contributed by atoms with E-state index in [1.165, 1.54) is 17.9 Å². The molecule has 1 aromatic carbocycles. The SMILES string of the molecule is CNC(=O)c1cn(C[C@@H]2CC(F)(F)CN2S(=O)(=O)Cc2ccccc2)nn1. The topological polar surface area (TPSA) is 97.2 Å². The second kappa shape index (κ2) is 7.31. The highest BCUT2D eigenvalue weighted by molar-refractivity contribution is 7.88. The van der Waals surface area contributed by atoms with Crippen LogP contribution in [0.15, 0.2) is 36.5 Å². The van der Waals surface area contributed by atoms with E-state index in [0.29, 0.717) is 5.56 Å². The zero-order valence-electron chi connectivity index (χ0n) is 14.5. The van der Waals surface area contributed by atoms with Crippen LogP contribution in [0.5, 0.6) is 0 Å². The van der Waals surface area contributed by atoms with Gasteiger partial charge in [-0.25, -0.2) is 17.2 Å². The number of benzene rings is 1. The Bertz CT molecular complexity index is 917. The van der Waals surface area contributed by atoms with Gasteiger partial charge in [-0.1, -0.05) is 35.5 Å². The Hall–Kier alpha value is -2.40. The number of hydrogen-bond acceptors (Lipinski definition) is 5. The molecule has 11 heteroatoms. The number of aromatic nitrogens is 3. The maximum Gasteiger partial charge on any atom is 0.273 e. The van der Waals surface area contributed by atoms with Crippen molar-refractivity contribution in [3.05, 3.63) is 47.8 Å². The van der Waals surface area contributed by atoms with Crippen LogP contribution in [0.1, 0.15) is 22.5 Å². The molecule has 146 valence electrons. The number of nitrogens with zero attached hydrogens (tertiary/aromatic N) is 4. The summed E-state index contributed by atoms with van der Waals surface area (Å²) in [5, 5.41) is 9.78. The van der Waals surface area contributed by atoms with E-state index in [-0.39, 0.29) is 18.0 Å². The molecule has 1 atom stereocenters. The quantitative estimate of drug-likeness (QED) is 0.778. The molecule has 8 nitrogen and oxygen atoms in total. The van der Waals surface area contributed by atoms with E-state index < -0.39 is 40.9 Å². The van der Waals surface area contributed by atoms with Gasteiger partial charge in [-0.15, -0.1) is 5.10 Å². The van der Waals surface area contributed by atoms with Crippen LogP contribution in [-0.4, -0.2) is 59.2 Å². The van der Waals surface area contributed by atoms with E-state index in [9.17, 15) is 22.0 Å². The highest BCUT2D eigenvalue weighted by atomic mass is 32.2. The molecule has 0 aliphatic carbocycles. The fraction of sp³-hybridized carbons (Fsp3) is 0.438. The summed E-state index contributed by atoms with van der Waals surface area (Å²) in [6.45, 7) is -0.989. The molecule has 2 aromatic rings. The molecule has 1 N–H and O–H groups in total. The second-order valence-electron chi connectivity index (χ2n) is 6.41. The van der Waals surface area contributed by atoms with Crippen molar-refractivity contribution in [2.24, 2.45) is 0 Å². The Balaban J connectivity index is 1.80. The number of rotatable bonds is 6. The normalized spacial score (nSPS) is 19.9. The van der Waals surface area contributed by atoms with Gasteiger partial charge in [0.05, 0.1) is 31.1 Å². The van der Waals surface area contributed by atoms with Crippen molar-refractivity contribution in [2.75, 3.05) is 13.6 Å². The first kappa shape index (κ1) is 19.4. The lowest BCUT2D eigenvalue weighted by Crippen LogP contribution is -2.39. The summed E-state index contributed by atoms with van der Waals surface area (Å²) in [6, 6.07) is 7.42. The Morgan fingerprint density at radius 1 is 1.33 bits per heavy atom. The van der Waals surface area contributed by atoms with Crippen LogP contribution in [0.2, 0.25) is 0 Å². The number of halogens is 2. The van der Waals surface area contributed by atoms with Gasteiger partial charge in [-0.05, 0) is 5.56 Å². The summed E-state index contributed by atoms with van der Waals surface area (Å²) in [5.41, 5.74) is 0.551. The molecule has 1 aliphatic heterocycles. The maximum atomic E-state index is 14.0. The molecule has 1 amide bonds. The number of amides is 1. The molecule has 1 aromatic heterocycles. The lowest BCUT2D eigenvalue weighted by Gasteiger charge is -2.23. The van der Waals surface area contributed by atoms with Gasteiger partial charge in [0.15, 0.2) is 5.69 Å². The van der Waals surface area contributed by atoms with E-state index in [4.69, 9.17) is 0 Å². The van der Waals surface area contributed by atoms with Crippen LogP contribution in [-0.2, 0) is 22.3 Å². The summed E-state index contributed by atoms with van der Waals surface area (Å²) in [5.74, 6) is -3.95. The summed E-state index contributed by atoms with van der Waals surface area (Å²) in [7, 11) is -2.53. The van der Waals surface area contributed by atoms with Crippen LogP contribution in [0.4, 0.5) is 8.78 Å². The number of hydrogen-bond donors (Lipinski definition) is 1. The third-order valence-corrected chi connectivity index (χ3v) is 6.11.